The summed E-state index contributed by atoms with van der Waals surface area (Å²) in [5, 5.41) is 21.4. The van der Waals surface area contributed by atoms with Crippen molar-refractivity contribution in [1.29, 1.82) is 0 Å². The van der Waals surface area contributed by atoms with E-state index in [1.807, 2.05) is 0 Å². The maximum atomic E-state index is 10.4. The lowest BCUT2D eigenvalue weighted by molar-refractivity contribution is -0.385. The van der Waals surface area contributed by atoms with Gasteiger partial charge >= 0.3 is 5.69 Å². The number of aromatic hydroxyl groups is 1. The fourth-order valence-electron chi connectivity index (χ4n) is 1.22. The molecule has 2 rings (SSSR count). The molecule has 0 aliphatic carbocycles. The first-order valence-corrected chi connectivity index (χ1v) is 4.13. The molecule has 1 heterocycles. The summed E-state index contributed by atoms with van der Waals surface area (Å²) in [6.07, 6.45) is 3.33. The van der Waals surface area contributed by atoms with Crippen LogP contribution in [0.5, 0.6) is 5.75 Å². The van der Waals surface area contributed by atoms with E-state index in [0.717, 1.165) is 0 Å². The number of anilines is 1. The molecular weight excluding hydrogens is 200 g/mol. The van der Waals surface area contributed by atoms with Gasteiger partial charge in [-0.3, -0.25) is 15.1 Å². The second kappa shape index (κ2) is 3.46. The van der Waals surface area contributed by atoms with Crippen molar-refractivity contribution in [2.75, 3.05) is 5.01 Å². The van der Waals surface area contributed by atoms with Crippen LogP contribution in [0.4, 0.5) is 11.4 Å². The second-order valence-electron chi connectivity index (χ2n) is 2.87. The molecule has 0 atom stereocenters. The molecule has 0 radical (unpaired) electrons. The number of benzene rings is 1. The Morgan fingerprint density at radius 1 is 1.47 bits per heavy atom. The van der Waals surface area contributed by atoms with Gasteiger partial charge in [-0.1, -0.05) is 0 Å². The van der Waals surface area contributed by atoms with Crippen LogP contribution in [0.1, 0.15) is 0 Å². The van der Waals surface area contributed by atoms with Crippen LogP contribution in [0.3, 0.4) is 0 Å². The van der Waals surface area contributed by atoms with E-state index in [1.54, 1.807) is 17.4 Å². The molecule has 1 aromatic rings. The Bertz CT molecular complexity index is 432. The number of hydrogen-bond acceptors (Lipinski definition) is 6. The molecule has 7 heteroatoms. The van der Waals surface area contributed by atoms with Gasteiger partial charge in [0.25, 0.3) is 0 Å². The summed E-state index contributed by atoms with van der Waals surface area (Å²) in [6.45, 7) is 0. The highest BCUT2D eigenvalue weighted by atomic mass is 16.6. The van der Waals surface area contributed by atoms with Crippen LogP contribution in [0.15, 0.2) is 30.6 Å². The maximum Gasteiger partial charge on any atom is 0.310 e. The first kappa shape index (κ1) is 9.28. The fraction of sp³-hybridized carbons (Fsp3) is 0. The van der Waals surface area contributed by atoms with Gasteiger partial charge in [-0.25, -0.2) is 0 Å². The monoisotopic (exact) mass is 208 g/mol. The quantitative estimate of drug-likeness (QED) is 0.487. The molecule has 0 fully saturated rings. The topological polar surface area (TPSA) is 90.7 Å². The van der Waals surface area contributed by atoms with Gasteiger partial charge in [-0.15, -0.1) is 5.53 Å². The highest BCUT2D eigenvalue weighted by Crippen LogP contribution is 2.30. The smallest absolute Gasteiger partial charge is 0.310 e. The highest BCUT2D eigenvalue weighted by molar-refractivity contribution is 5.59. The number of nitro benzene ring substituents is 1. The summed E-state index contributed by atoms with van der Waals surface area (Å²) < 4.78 is 0. The molecule has 0 amide bonds. The maximum absolute atomic E-state index is 10.4. The van der Waals surface area contributed by atoms with Gasteiger partial charge < -0.3 is 10.5 Å². The number of rotatable bonds is 2. The molecule has 0 saturated heterocycles. The number of hydrogen-bond donors (Lipinski definition) is 3. The van der Waals surface area contributed by atoms with Crippen molar-refractivity contribution >= 4 is 11.4 Å². The number of phenols is 1. The lowest BCUT2D eigenvalue weighted by atomic mass is 10.2. The normalized spacial score (nSPS) is 14.0. The van der Waals surface area contributed by atoms with Crippen LogP contribution in [0, 0.1) is 10.1 Å². The third-order valence-corrected chi connectivity index (χ3v) is 1.93. The predicted molar refractivity (Wildman–Crippen MR) is 52.7 cm³/mol. The zero-order chi connectivity index (χ0) is 10.8. The van der Waals surface area contributed by atoms with Crippen molar-refractivity contribution in [3.63, 3.8) is 0 Å². The lowest BCUT2D eigenvalue weighted by Gasteiger charge is -2.15. The zero-order valence-corrected chi connectivity index (χ0v) is 7.54. The standard InChI is InChI=1S/C8H8N4O3/c13-8-5-6(11-4-3-9-10-11)1-2-7(8)12(14)15/h1-5,9-10,13H. The van der Waals surface area contributed by atoms with Gasteiger partial charge in [0.1, 0.15) is 0 Å². The summed E-state index contributed by atoms with van der Waals surface area (Å²) in [5.41, 5.74) is 5.73. The lowest BCUT2D eigenvalue weighted by Crippen LogP contribution is -2.35. The van der Waals surface area contributed by atoms with E-state index in [1.165, 1.54) is 18.2 Å². The van der Waals surface area contributed by atoms with Crippen LogP contribution < -0.4 is 16.0 Å². The Morgan fingerprint density at radius 3 is 2.80 bits per heavy atom. The summed E-state index contributed by atoms with van der Waals surface area (Å²) in [6, 6.07) is 4.09. The van der Waals surface area contributed by atoms with Crippen molar-refractivity contribution in [3.05, 3.63) is 40.7 Å². The molecule has 0 bridgehead atoms. The van der Waals surface area contributed by atoms with E-state index in [2.05, 4.69) is 11.0 Å². The van der Waals surface area contributed by atoms with E-state index in [0.29, 0.717) is 5.69 Å². The van der Waals surface area contributed by atoms with E-state index in [-0.39, 0.29) is 11.4 Å². The summed E-state index contributed by atoms with van der Waals surface area (Å²) in [7, 11) is 0. The molecule has 3 N–H and O–H groups in total. The molecule has 0 saturated carbocycles. The van der Waals surface area contributed by atoms with Gasteiger partial charge in [0, 0.05) is 24.5 Å². The van der Waals surface area contributed by atoms with Crippen molar-refractivity contribution in [1.82, 2.24) is 11.0 Å². The molecule has 1 aliphatic heterocycles. The second-order valence-corrected chi connectivity index (χ2v) is 2.87. The molecule has 7 nitrogen and oxygen atoms in total. The van der Waals surface area contributed by atoms with E-state index >= 15 is 0 Å². The molecule has 0 aromatic heterocycles. The summed E-state index contributed by atoms with van der Waals surface area (Å²) in [5.74, 6) is -0.361. The largest absolute Gasteiger partial charge is 0.502 e. The Kier molecular flexibility index (Phi) is 2.14. The third kappa shape index (κ3) is 1.67. The van der Waals surface area contributed by atoms with Crippen molar-refractivity contribution in [2.45, 2.75) is 0 Å². The van der Waals surface area contributed by atoms with Crippen LogP contribution in [0.2, 0.25) is 0 Å². The van der Waals surface area contributed by atoms with E-state index < -0.39 is 4.92 Å². The Hall–Kier alpha value is -2.28. The Labute approximate surface area is 84.7 Å². The van der Waals surface area contributed by atoms with Gasteiger partial charge in [0.2, 0.25) is 0 Å². The number of phenolic OH excluding ortho intramolecular Hbond substituents is 1. The number of nitrogens with one attached hydrogen (secondary N) is 2. The molecule has 15 heavy (non-hydrogen) atoms. The van der Waals surface area contributed by atoms with Gasteiger partial charge in [0.15, 0.2) is 5.75 Å². The minimum Gasteiger partial charge on any atom is -0.502 e. The van der Waals surface area contributed by atoms with Crippen molar-refractivity contribution < 1.29 is 10.0 Å². The molecular formula is C8H8N4O3. The molecule has 78 valence electrons. The first-order valence-electron chi connectivity index (χ1n) is 4.13. The molecule has 0 spiro atoms. The number of nitro groups is 1. The molecule has 1 aromatic carbocycles. The minimum absolute atomic E-state index is 0.310. The van der Waals surface area contributed by atoms with Crippen LogP contribution in [-0.2, 0) is 0 Å². The average molecular weight is 208 g/mol. The average Bonchev–Trinajstić information content (AvgIpc) is 2.69. The molecule has 0 unspecified atom stereocenters. The number of nitrogens with zero attached hydrogens (tertiary/aromatic N) is 2. The number of hydrazine groups is 2. The molecule has 1 aliphatic rings. The van der Waals surface area contributed by atoms with Crippen LogP contribution >= 0.6 is 0 Å². The van der Waals surface area contributed by atoms with Crippen molar-refractivity contribution in [2.24, 2.45) is 0 Å². The third-order valence-electron chi connectivity index (χ3n) is 1.93. The first-order chi connectivity index (χ1) is 7.18. The highest BCUT2D eigenvalue weighted by Gasteiger charge is 2.15. The SMILES string of the molecule is O=[N+]([O-])c1ccc(N2C=CNN2)cc1O. The van der Waals surface area contributed by atoms with Crippen molar-refractivity contribution in [3.8, 4) is 5.75 Å². The van der Waals surface area contributed by atoms with Gasteiger partial charge in [0.05, 0.1) is 10.6 Å². The minimum atomic E-state index is -0.634. The van der Waals surface area contributed by atoms with Gasteiger partial charge in [-0.05, 0) is 6.07 Å². The zero-order valence-electron chi connectivity index (χ0n) is 7.54. The summed E-state index contributed by atoms with van der Waals surface area (Å²) >= 11 is 0. The summed E-state index contributed by atoms with van der Waals surface area (Å²) in [4.78, 5) is 9.81. The van der Waals surface area contributed by atoms with E-state index in [4.69, 9.17) is 0 Å². The fourth-order valence-corrected chi connectivity index (χ4v) is 1.22. The van der Waals surface area contributed by atoms with Gasteiger partial charge in [-0.2, -0.15) is 0 Å². The predicted octanol–water partition coefficient (Wildman–Crippen LogP) is 0.601. The Morgan fingerprint density at radius 2 is 2.27 bits per heavy atom. The van der Waals surface area contributed by atoms with Crippen LogP contribution in [-0.4, -0.2) is 10.0 Å². The van der Waals surface area contributed by atoms with E-state index in [9.17, 15) is 15.2 Å². The van der Waals surface area contributed by atoms with Crippen LogP contribution in [0.25, 0.3) is 0 Å². The Balaban J connectivity index is 2.32.